The van der Waals surface area contributed by atoms with Crippen LogP contribution >= 0.6 is 0 Å². The highest BCUT2D eigenvalue weighted by molar-refractivity contribution is 5.94. The van der Waals surface area contributed by atoms with Gasteiger partial charge in [0.25, 0.3) is 5.91 Å². The molecule has 1 aliphatic carbocycles. The molecule has 0 aromatic heterocycles. The number of carbonyl (C=O) groups excluding carboxylic acids is 1. The molecule has 2 heterocycles. The van der Waals surface area contributed by atoms with Crippen LogP contribution in [0.15, 0.2) is 24.3 Å². The van der Waals surface area contributed by atoms with E-state index >= 15 is 0 Å². The van der Waals surface area contributed by atoms with Crippen molar-refractivity contribution in [2.24, 2.45) is 0 Å². The predicted molar refractivity (Wildman–Crippen MR) is 102 cm³/mol. The van der Waals surface area contributed by atoms with Crippen molar-refractivity contribution in [3.63, 3.8) is 0 Å². The molecule has 1 aromatic carbocycles. The lowest BCUT2D eigenvalue weighted by Gasteiger charge is -2.53. The Labute approximate surface area is 152 Å². The van der Waals surface area contributed by atoms with Gasteiger partial charge in [0.15, 0.2) is 0 Å². The second-order valence-electron chi connectivity index (χ2n) is 8.49. The number of fused-ring (bicyclic) bond motifs is 2. The molecule has 2 bridgehead atoms. The molecule has 1 N–H and O–H groups in total. The van der Waals surface area contributed by atoms with E-state index in [1.807, 2.05) is 31.2 Å². The Kier molecular flexibility index (Phi) is 5.12. The largest absolute Gasteiger partial charge is 0.349 e. The molecule has 3 heteroatoms. The number of carbonyl (C=O) groups is 1. The zero-order valence-electron chi connectivity index (χ0n) is 15.5. The maximum atomic E-state index is 12.6. The molecule has 3 nitrogen and oxygen atoms in total. The van der Waals surface area contributed by atoms with Crippen LogP contribution in [0.1, 0.15) is 80.1 Å². The van der Waals surface area contributed by atoms with Crippen molar-refractivity contribution in [1.29, 1.82) is 0 Å². The lowest BCUT2D eigenvalue weighted by Crippen LogP contribution is -2.60. The van der Waals surface area contributed by atoms with Crippen LogP contribution in [0.2, 0.25) is 0 Å². The smallest absolute Gasteiger partial charge is 0.251 e. The minimum atomic E-state index is 0.109. The second kappa shape index (κ2) is 7.49. The molecule has 2 aliphatic heterocycles. The average Bonchev–Trinajstić information content (AvgIpc) is 2.61. The summed E-state index contributed by atoms with van der Waals surface area (Å²) in [7, 11) is 0. The first kappa shape index (κ1) is 17.1. The number of benzene rings is 1. The van der Waals surface area contributed by atoms with E-state index in [0.717, 1.165) is 30.0 Å². The van der Waals surface area contributed by atoms with Crippen molar-refractivity contribution in [1.82, 2.24) is 10.2 Å². The quantitative estimate of drug-likeness (QED) is 0.882. The number of piperidine rings is 2. The molecule has 25 heavy (non-hydrogen) atoms. The zero-order valence-corrected chi connectivity index (χ0v) is 15.5. The van der Waals surface area contributed by atoms with Crippen LogP contribution in [-0.2, 0) is 0 Å². The van der Waals surface area contributed by atoms with Gasteiger partial charge < -0.3 is 5.32 Å². The number of hydrogen-bond acceptors (Lipinski definition) is 2. The van der Waals surface area contributed by atoms with Gasteiger partial charge in [-0.25, -0.2) is 0 Å². The maximum absolute atomic E-state index is 12.6. The van der Waals surface area contributed by atoms with Gasteiger partial charge >= 0.3 is 0 Å². The third-order valence-electron chi connectivity index (χ3n) is 6.64. The van der Waals surface area contributed by atoms with E-state index in [-0.39, 0.29) is 5.91 Å². The summed E-state index contributed by atoms with van der Waals surface area (Å²) >= 11 is 0. The number of amides is 1. The van der Waals surface area contributed by atoms with Gasteiger partial charge in [0, 0.05) is 29.7 Å². The summed E-state index contributed by atoms with van der Waals surface area (Å²) in [4.78, 5) is 15.5. The van der Waals surface area contributed by atoms with E-state index in [0.29, 0.717) is 18.1 Å². The van der Waals surface area contributed by atoms with Gasteiger partial charge in [-0.3, -0.25) is 9.69 Å². The molecule has 1 amide bonds. The van der Waals surface area contributed by atoms with Crippen molar-refractivity contribution in [2.45, 2.75) is 95.3 Å². The summed E-state index contributed by atoms with van der Waals surface area (Å²) in [6.45, 7) is 2.05. The second-order valence-corrected chi connectivity index (χ2v) is 8.49. The SMILES string of the molecule is Cc1cccc(C(=O)NC2CC3CCCC(C2)N3C2CCCCC2)c1. The molecular weight excluding hydrogens is 308 g/mol. The summed E-state index contributed by atoms with van der Waals surface area (Å²) in [5, 5.41) is 3.35. The summed E-state index contributed by atoms with van der Waals surface area (Å²) in [6.07, 6.45) is 13.3. The molecule has 3 fully saturated rings. The molecule has 4 rings (SSSR count). The fourth-order valence-electron chi connectivity index (χ4n) is 5.57. The van der Waals surface area contributed by atoms with Gasteiger partial charge in [-0.1, -0.05) is 43.4 Å². The Balaban J connectivity index is 1.41. The van der Waals surface area contributed by atoms with Gasteiger partial charge in [0.05, 0.1) is 0 Å². The first-order chi connectivity index (χ1) is 12.2. The van der Waals surface area contributed by atoms with Crippen LogP contribution in [0.4, 0.5) is 0 Å². The van der Waals surface area contributed by atoms with Gasteiger partial charge in [0.2, 0.25) is 0 Å². The monoisotopic (exact) mass is 340 g/mol. The average molecular weight is 341 g/mol. The highest BCUT2D eigenvalue weighted by Crippen LogP contribution is 2.39. The fourth-order valence-corrected chi connectivity index (χ4v) is 5.57. The standard InChI is InChI=1S/C22H32N2O/c1-16-7-5-8-17(13-16)22(25)23-18-14-20-11-6-12-21(15-18)24(20)19-9-3-2-4-10-19/h5,7-8,13,18-21H,2-4,6,9-12,14-15H2,1H3,(H,23,25). The van der Waals surface area contributed by atoms with E-state index in [1.54, 1.807) is 0 Å². The molecule has 2 unspecified atom stereocenters. The normalized spacial score (nSPS) is 30.8. The molecule has 0 spiro atoms. The van der Waals surface area contributed by atoms with Crippen molar-refractivity contribution in [3.05, 3.63) is 35.4 Å². The molecule has 3 aliphatic rings. The van der Waals surface area contributed by atoms with Crippen LogP contribution in [0.5, 0.6) is 0 Å². The molecular formula is C22H32N2O. The van der Waals surface area contributed by atoms with E-state index in [9.17, 15) is 4.79 Å². The molecule has 1 saturated carbocycles. The highest BCUT2D eigenvalue weighted by atomic mass is 16.1. The van der Waals surface area contributed by atoms with Crippen molar-refractivity contribution < 1.29 is 4.79 Å². The molecule has 2 saturated heterocycles. The van der Waals surface area contributed by atoms with E-state index in [4.69, 9.17) is 0 Å². The van der Waals surface area contributed by atoms with E-state index in [1.165, 1.54) is 51.4 Å². The number of nitrogens with zero attached hydrogens (tertiary/aromatic N) is 1. The number of aryl methyl sites for hydroxylation is 1. The molecule has 1 aromatic rings. The number of nitrogens with one attached hydrogen (secondary N) is 1. The Bertz CT molecular complexity index is 594. The van der Waals surface area contributed by atoms with Crippen LogP contribution in [0, 0.1) is 6.92 Å². The van der Waals surface area contributed by atoms with Crippen LogP contribution < -0.4 is 5.32 Å². The number of hydrogen-bond donors (Lipinski definition) is 1. The van der Waals surface area contributed by atoms with Crippen LogP contribution in [0.3, 0.4) is 0 Å². The Morgan fingerprint density at radius 1 is 0.960 bits per heavy atom. The van der Waals surface area contributed by atoms with Crippen LogP contribution in [-0.4, -0.2) is 35.0 Å². The van der Waals surface area contributed by atoms with Crippen molar-refractivity contribution in [3.8, 4) is 0 Å². The van der Waals surface area contributed by atoms with Gasteiger partial charge in [0.1, 0.15) is 0 Å². The molecule has 0 radical (unpaired) electrons. The molecule has 136 valence electrons. The maximum Gasteiger partial charge on any atom is 0.251 e. The highest BCUT2D eigenvalue weighted by Gasteiger charge is 2.42. The minimum Gasteiger partial charge on any atom is -0.349 e. The number of rotatable bonds is 3. The Hall–Kier alpha value is -1.35. The lowest BCUT2D eigenvalue weighted by molar-refractivity contribution is -0.0211. The topological polar surface area (TPSA) is 32.3 Å². The third kappa shape index (κ3) is 3.76. The fraction of sp³-hybridized carbons (Fsp3) is 0.682. The Morgan fingerprint density at radius 3 is 2.32 bits per heavy atom. The van der Waals surface area contributed by atoms with Crippen LogP contribution in [0.25, 0.3) is 0 Å². The van der Waals surface area contributed by atoms with E-state index in [2.05, 4.69) is 10.2 Å². The predicted octanol–water partition coefficient (Wildman–Crippen LogP) is 4.44. The van der Waals surface area contributed by atoms with Gasteiger partial charge in [-0.2, -0.15) is 0 Å². The van der Waals surface area contributed by atoms with Crippen molar-refractivity contribution >= 4 is 5.91 Å². The zero-order chi connectivity index (χ0) is 17.2. The first-order valence-electron chi connectivity index (χ1n) is 10.4. The van der Waals surface area contributed by atoms with Gasteiger partial charge in [-0.05, 0) is 57.6 Å². The lowest BCUT2D eigenvalue weighted by atomic mass is 9.78. The summed E-state index contributed by atoms with van der Waals surface area (Å²) in [5.74, 6) is 0.109. The van der Waals surface area contributed by atoms with Crippen molar-refractivity contribution in [2.75, 3.05) is 0 Å². The van der Waals surface area contributed by atoms with E-state index < -0.39 is 0 Å². The van der Waals surface area contributed by atoms with Gasteiger partial charge in [-0.15, -0.1) is 0 Å². The first-order valence-corrected chi connectivity index (χ1v) is 10.4. The summed E-state index contributed by atoms with van der Waals surface area (Å²) < 4.78 is 0. The minimum absolute atomic E-state index is 0.109. The summed E-state index contributed by atoms with van der Waals surface area (Å²) in [6, 6.07) is 10.5. The Morgan fingerprint density at radius 2 is 1.64 bits per heavy atom. The summed E-state index contributed by atoms with van der Waals surface area (Å²) in [5.41, 5.74) is 1.96. The molecule has 2 atom stereocenters. The third-order valence-corrected chi connectivity index (χ3v) is 6.64.